The third-order valence-corrected chi connectivity index (χ3v) is 3.97. The summed E-state index contributed by atoms with van der Waals surface area (Å²) >= 11 is 0. The van der Waals surface area contributed by atoms with E-state index in [-0.39, 0.29) is 11.5 Å². The summed E-state index contributed by atoms with van der Waals surface area (Å²) in [5.74, 6) is 0.895. The molecular formula is C17H21N5O. The largest absolute Gasteiger partial charge is 0.357 e. The monoisotopic (exact) mass is 311 g/mol. The van der Waals surface area contributed by atoms with Gasteiger partial charge in [-0.3, -0.25) is 4.79 Å². The Kier molecular flexibility index (Phi) is 4.25. The number of H-pyrrole nitrogens is 1. The van der Waals surface area contributed by atoms with E-state index in [0.717, 1.165) is 34.5 Å². The van der Waals surface area contributed by atoms with Crippen molar-refractivity contribution < 1.29 is 0 Å². The minimum Gasteiger partial charge on any atom is -0.357 e. The van der Waals surface area contributed by atoms with Crippen molar-refractivity contribution in [2.45, 2.75) is 39.9 Å². The first-order chi connectivity index (χ1) is 11.1. The molecule has 0 aliphatic heterocycles. The molecule has 120 valence electrons. The number of aromatic nitrogens is 4. The number of nitrogens with zero attached hydrogens (tertiary/aromatic N) is 3. The molecule has 3 rings (SSSR count). The van der Waals surface area contributed by atoms with Crippen molar-refractivity contribution in [3.8, 4) is 0 Å². The Morgan fingerprint density at radius 2 is 2.17 bits per heavy atom. The highest BCUT2D eigenvalue weighted by atomic mass is 16.1. The second kappa shape index (κ2) is 6.34. The maximum Gasteiger partial charge on any atom is 0.189 e. The van der Waals surface area contributed by atoms with Gasteiger partial charge in [-0.15, -0.1) is 0 Å². The number of fused-ring (bicyclic) bond motifs is 1. The molecular weight excluding hydrogens is 290 g/mol. The second-order valence-corrected chi connectivity index (χ2v) is 5.74. The molecule has 0 fully saturated rings. The number of aryl methyl sites for hydroxylation is 2. The van der Waals surface area contributed by atoms with E-state index in [1.807, 2.05) is 43.7 Å². The van der Waals surface area contributed by atoms with Gasteiger partial charge in [-0.05, 0) is 32.9 Å². The Morgan fingerprint density at radius 3 is 2.96 bits per heavy atom. The zero-order chi connectivity index (χ0) is 16.4. The zero-order valence-electron chi connectivity index (χ0n) is 13.6. The van der Waals surface area contributed by atoms with Gasteiger partial charge < -0.3 is 10.3 Å². The van der Waals surface area contributed by atoms with E-state index in [4.69, 9.17) is 0 Å². The van der Waals surface area contributed by atoms with Gasteiger partial charge in [0, 0.05) is 35.8 Å². The van der Waals surface area contributed by atoms with Crippen LogP contribution in [0.25, 0.3) is 10.9 Å². The standard InChI is InChI=1S/C17H21N5O/c1-4-22-17(19-10-20-22)12(3)18-9-13-8-16(23)14-7-11(2)5-6-15(14)21-13/h5-8,10,12,18H,4,9H2,1-3H3,(H,21,23). The molecule has 0 spiro atoms. The fourth-order valence-electron chi connectivity index (χ4n) is 2.72. The number of hydrogen-bond donors (Lipinski definition) is 2. The number of benzene rings is 1. The summed E-state index contributed by atoms with van der Waals surface area (Å²) < 4.78 is 1.86. The molecule has 6 nitrogen and oxygen atoms in total. The van der Waals surface area contributed by atoms with Crippen LogP contribution in [0.1, 0.15) is 37.0 Å². The van der Waals surface area contributed by atoms with E-state index in [2.05, 4.69) is 20.4 Å². The molecule has 0 saturated carbocycles. The average Bonchev–Trinajstić information content (AvgIpc) is 3.02. The van der Waals surface area contributed by atoms with Gasteiger partial charge in [-0.2, -0.15) is 5.10 Å². The lowest BCUT2D eigenvalue weighted by molar-refractivity contribution is 0.495. The van der Waals surface area contributed by atoms with Gasteiger partial charge in [0.25, 0.3) is 0 Å². The Hall–Kier alpha value is -2.47. The molecule has 2 aromatic heterocycles. The van der Waals surface area contributed by atoms with E-state index in [1.54, 1.807) is 12.4 Å². The van der Waals surface area contributed by atoms with Gasteiger partial charge in [-0.25, -0.2) is 9.67 Å². The number of aromatic amines is 1. The molecule has 1 atom stereocenters. The van der Waals surface area contributed by atoms with Crippen LogP contribution in [0.2, 0.25) is 0 Å². The quantitative estimate of drug-likeness (QED) is 0.758. The van der Waals surface area contributed by atoms with E-state index < -0.39 is 0 Å². The molecule has 2 heterocycles. The van der Waals surface area contributed by atoms with Crippen molar-refractivity contribution >= 4 is 10.9 Å². The second-order valence-electron chi connectivity index (χ2n) is 5.74. The summed E-state index contributed by atoms with van der Waals surface area (Å²) in [4.78, 5) is 19.9. The molecule has 0 radical (unpaired) electrons. The Morgan fingerprint density at radius 1 is 1.35 bits per heavy atom. The topological polar surface area (TPSA) is 75.6 Å². The highest BCUT2D eigenvalue weighted by Crippen LogP contribution is 2.12. The van der Waals surface area contributed by atoms with E-state index in [0.29, 0.717) is 6.54 Å². The number of nitrogens with one attached hydrogen (secondary N) is 2. The van der Waals surface area contributed by atoms with E-state index >= 15 is 0 Å². The first-order valence-electron chi connectivity index (χ1n) is 7.82. The molecule has 1 unspecified atom stereocenters. The molecule has 3 aromatic rings. The molecule has 0 saturated heterocycles. The van der Waals surface area contributed by atoms with Crippen molar-refractivity contribution in [3.05, 3.63) is 57.9 Å². The maximum absolute atomic E-state index is 12.3. The van der Waals surface area contributed by atoms with Crippen molar-refractivity contribution in [3.63, 3.8) is 0 Å². The molecule has 2 N–H and O–H groups in total. The maximum atomic E-state index is 12.3. The first kappa shape index (κ1) is 15.4. The van der Waals surface area contributed by atoms with Crippen LogP contribution in [0.15, 0.2) is 35.4 Å². The summed E-state index contributed by atoms with van der Waals surface area (Å²) in [6, 6.07) is 7.58. The van der Waals surface area contributed by atoms with Crippen LogP contribution in [0.5, 0.6) is 0 Å². The van der Waals surface area contributed by atoms with Crippen LogP contribution in [-0.2, 0) is 13.1 Å². The molecule has 1 aromatic carbocycles. The van der Waals surface area contributed by atoms with Crippen LogP contribution < -0.4 is 10.7 Å². The summed E-state index contributed by atoms with van der Waals surface area (Å²) in [5, 5.41) is 8.30. The number of rotatable bonds is 5. The summed E-state index contributed by atoms with van der Waals surface area (Å²) in [5.41, 5.74) is 2.86. The normalized spacial score (nSPS) is 12.7. The Balaban J connectivity index is 1.79. The van der Waals surface area contributed by atoms with E-state index in [9.17, 15) is 4.79 Å². The fourth-order valence-corrected chi connectivity index (χ4v) is 2.72. The predicted molar refractivity (Wildman–Crippen MR) is 90.3 cm³/mol. The molecule has 0 aliphatic rings. The van der Waals surface area contributed by atoms with Crippen molar-refractivity contribution in [1.29, 1.82) is 0 Å². The van der Waals surface area contributed by atoms with Crippen LogP contribution in [0.4, 0.5) is 0 Å². The minimum atomic E-state index is 0.0450. The minimum absolute atomic E-state index is 0.0450. The smallest absolute Gasteiger partial charge is 0.189 e. The lowest BCUT2D eigenvalue weighted by Crippen LogP contribution is -2.23. The van der Waals surface area contributed by atoms with Gasteiger partial charge in [0.15, 0.2) is 5.43 Å². The molecule has 0 aliphatic carbocycles. The highest BCUT2D eigenvalue weighted by molar-refractivity contribution is 5.79. The zero-order valence-corrected chi connectivity index (χ0v) is 13.6. The van der Waals surface area contributed by atoms with Crippen molar-refractivity contribution in [2.75, 3.05) is 0 Å². The number of pyridine rings is 1. The lowest BCUT2D eigenvalue weighted by atomic mass is 10.1. The van der Waals surface area contributed by atoms with Gasteiger partial charge in [0.05, 0.1) is 6.04 Å². The Bertz CT molecular complexity index is 880. The first-order valence-corrected chi connectivity index (χ1v) is 7.82. The predicted octanol–water partition coefficient (Wildman–Crippen LogP) is 2.30. The van der Waals surface area contributed by atoms with Gasteiger partial charge in [0.1, 0.15) is 12.2 Å². The van der Waals surface area contributed by atoms with Crippen LogP contribution in [0.3, 0.4) is 0 Å². The van der Waals surface area contributed by atoms with Crippen LogP contribution >= 0.6 is 0 Å². The van der Waals surface area contributed by atoms with Crippen molar-refractivity contribution in [1.82, 2.24) is 25.1 Å². The van der Waals surface area contributed by atoms with E-state index in [1.165, 1.54) is 0 Å². The van der Waals surface area contributed by atoms with Gasteiger partial charge >= 0.3 is 0 Å². The summed E-state index contributed by atoms with van der Waals surface area (Å²) in [7, 11) is 0. The van der Waals surface area contributed by atoms with Crippen LogP contribution in [0, 0.1) is 6.92 Å². The average molecular weight is 311 g/mol. The molecule has 0 bridgehead atoms. The third-order valence-electron chi connectivity index (χ3n) is 3.97. The third kappa shape index (κ3) is 3.17. The summed E-state index contributed by atoms with van der Waals surface area (Å²) in [6.07, 6.45) is 1.57. The fraction of sp³-hybridized carbons (Fsp3) is 0.353. The number of hydrogen-bond acceptors (Lipinski definition) is 4. The Labute approximate surface area is 134 Å². The van der Waals surface area contributed by atoms with Gasteiger partial charge in [0.2, 0.25) is 0 Å². The van der Waals surface area contributed by atoms with Crippen LogP contribution in [-0.4, -0.2) is 19.7 Å². The summed E-state index contributed by atoms with van der Waals surface area (Å²) in [6.45, 7) is 7.41. The van der Waals surface area contributed by atoms with Crippen molar-refractivity contribution in [2.24, 2.45) is 0 Å². The lowest BCUT2D eigenvalue weighted by Gasteiger charge is -2.14. The SMILES string of the molecule is CCn1ncnc1C(C)NCc1cc(=O)c2cc(C)ccc2[nH]1. The van der Waals surface area contributed by atoms with Gasteiger partial charge in [-0.1, -0.05) is 11.6 Å². The molecule has 6 heteroatoms. The molecule has 23 heavy (non-hydrogen) atoms. The molecule has 0 amide bonds. The highest BCUT2D eigenvalue weighted by Gasteiger charge is 2.12.